The van der Waals surface area contributed by atoms with Gasteiger partial charge in [-0.25, -0.2) is 16.8 Å². The molecule has 9 nitrogen and oxygen atoms in total. The molecule has 0 radical (unpaired) electrons. The lowest BCUT2D eigenvalue weighted by atomic mass is 10.1. The van der Waals surface area contributed by atoms with Gasteiger partial charge in [-0.1, -0.05) is 31.2 Å². The summed E-state index contributed by atoms with van der Waals surface area (Å²) >= 11 is 0. The second kappa shape index (κ2) is 9.99. The molecule has 1 amide bonds. The van der Waals surface area contributed by atoms with Crippen molar-refractivity contribution in [3.63, 3.8) is 0 Å². The standard InChI is InChI=1S/C21H27N3O6S2/c1-3-16-8-9-17(14-20(16)32(28,29)24-10-12-30-13-11-24)21(25)22-15-18-6-4-5-7-19(18)23-31(2,26)27/h4-9,14,23H,3,10-13,15H2,1-2H3,(H,22,25). The van der Waals surface area contributed by atoms with Gasteiger partial charge in [0.25, 0.3) is 5.91 Å². The number of nitrogens with one attached hydrogen (secondary N) is 2. The van der Waals surface area contributed by atoms with Crippen LogP contribution in [0.25, 0.3) is 0 Å². The first kappa shape index (κ1) is 24.2. The summed E-state index contributed by atoms with van der Waals surface area (Å²) < 4.78 is 58.5. The Hall–Kier alpha value is -2.47. The van der Waals surface area contributed by atoms with Gasteiger partial charge >= 0.3 is 0 Å². The van der Waals surface area contributed by atoms with Crippen LogP contribution in [0.1, 0.15) is 28.4 Å². The van der Waals surface area contributed by atoms with E-state index in [1.807, 2.05) is 6.92 Å². The number of para-hydroxylation sites is 1. The van der Waals surface area contributed by atoms with Crippen LogP contribution >= 0.6 is 0 Å². The number of rotatable bonds is 8. The van der Waals surface area contributed by atoms with Crippen LogP contribution in [0, 0.1) is 0 Å². The van der Waals surface area contributed by atoms with Crippen LogP contribution in [0.5, 0.6) is 0 Å². The van der Waals surface area contributed by atoms with Gasteiger partial charge in [0.15, 0.2) is 0 Å². The second-order valence-electron chi connectivity index (χ2n) is 7.41. The molecule has 0 aromatic heterocycles. The Morgan fingerprint density at radius 3 is 2.38 bits per heavy atom. The molecule has 0 saturated carbocycles. The first-order chi connectivity index (χ1) is 15.1. The van der Waals surface area contributed by atoms with Gasteiger partial charge in [0, 0.05) is 25.2 Å². The molecule has 1 aliphatic heterocycles. The van der Waals surface area contributed by atoms with Crippen LogP contribution in [0.4, 0.5) is 5.69 Å². The summed E-state index contributed by atoms with van der Waals surface area (Å²) in [7, 11) is -7.23. The number of benzene rings is 2. The van der Waals surface area contributed by atoms with Gasteiger partial charge in [-0.05, 0) is 35.7 Å². The van der Waals surface area contributed by atoms with Crippen molar-refractivity contribution in [2.24, 2.45) is 0 Å². The number of aryl methyl sites for hydroxylation is 1. The summed E-state index contributed by atoms with van der Waals surface area (Å²) in [6, 6.07) is 11.4. The molecule has 0 aliphatic carbocycles. The SMILES string of the molecule is CCc1ccc(C(=O)NCc2ccccc2NS(C)(=O)=O)cc1S(=O)(=O)N1CCOCC1. The fourth-order valence-corrected chi connectivity index (χ4v) is 5.73. The number of carbonyl (C=O) groups excluding carboxylic acids is 1. The molecule has 0 bridgehead atoms. The van der Waals surface area contributed by atoms with Crippen LogP contribution < -0.4 is 10.0 Å². The monoisotopic (exact) mass is 481 g/mol. The number of hydrogen-bond acceptors (Lipinski definition) is 6. The average Bonchev–Trinajstić information content (AvgIpc) is 2.77. The number of nitrogens with zero attached hydrogens (tertiary/aromatic N) is 1. The van der Waals surface area contributed by atoms with Crippen molar-refractivity contribution in [2.75, 3.05) is 37.3 Å². The average molecular weight is 482 g/mol. The van der Waals surface area contributed by atoms with Gasteiger partial charge in [-0.2, -0.15) is 4.31 Å². The van der Waals surface area contributed by atoms with Crippen LogP contribution in [-0.2, 0) is 37.7 Å². The van der Waals surface area contributed by atoms with E-state index in [-0.39, 0.29) is 30.1 Å². The van der Waals surface area contributed by atoms with E-state index in [1.54, 1.807) is 36.4 Å². The minimum Gasteiger partial charge on any atom is -0.379 e. The van der Waals surface area contributed by atoms with Crippen molar-refractivity contribution < 1.29 is 26.4 Å². The molecular formula is C21H27N3O6S2. The normalized spacial score (nSPS) is 15.3. The lowest BCUT2D eigenvalue weighted by Gasteiger charge is -2.27. The molecule has 0 unspecified atom stereocenters. The number of anilines is 1. The van der Waals surface area contributed by atoms with Crippen LogP contribution in [-0.4, -0.2) is 59.6 Å². The molecule has 2 N–H and O–H groups in total. The Morgan fingerprint density at radius 2 is 1.72 bits per heavy atom. The molecule has 0 spiro atoms. The number of morpholine rings is 1. The molecule has 11 heteroatoms. The minimum atomic E-state index is -3.76. The van der Waals surface area contributed by atoms with Crippen molar-refractivity contribution >= 4 is 31.6 Å². The maximum atomic E-state index is 13.2. The number of hydrogen-bond donors (Lipinski definition) is 2. The molecule has 174 valence electrons. The van der Waals surface area contributed by atoms with Gasteiger partial charge in [0.05, 0.1) is 30.1 Å². The number of sulfonamides is 2. The Labute approximate surface area is 188 Å². The predicted molar refractivity (Wildman–Crippen MR) is 121 cm³/mol. The number of carbonyl (C=O) groups is 1. The van der Waals surface area contributed by atoms with Crippen molar-refractivity contribution in [3.8, 4) is 0 Å². The maximum Gasteiger partial charge on any atom is 0.251 e. The summed E-state index contributed by atoms with van der Waals surface area (Å²) in [5.74, 6) is -0.458. The fraction of sp³-hybridized carbons (Fsp3) is 0.381. The molecule has 1 aliphatic rings. The minimum absolute atomic E-state index is 0.0681. The van der Waals surface area contributed by atoms with Gasteiger partial charge in [-0.15, -0.1) is 0 Å². The zero-order valence-electron chi connectivity index (χ0n) is 18.0. The third-order valence-corrected chi connectivity index (χ3v) is 7.62. The lowest BCUT2D eigenvalue weighted by molar-refractivity contribution is 0.0730. The highest BCUT2D eigenvalue weighted by atomic mass is 32.2. The summed E-state index contributed by atoms with van der Waals surface area (Å²) in [5, 5.41) is 2.73. The van der Waals surface area contributed by atoms with Crippen LogP contribution in [0.2, 0.25) is 0 Å². The molecule has 0 atom stereocenters. The third-order valence-electron chi connectivity index (χ3n) is 5.05. The summed E-state index contributed by atoms with van der Waals surface area (Å²) in [6.07, 6.45) is 1.55. The van der Waals surface area contributed by atoms with Gasteiger partial charge in [-0.3, -0.25) is 9.52 Å². The van der Waals surface area contributed by atoms with E-state index >= 15 is 0 Å². The summed E-state index contributed by atoms with van der Waals surface area (Å²) in [5.41, 5.74) is 1.79. The molecular weight excluding hydrogens is 454 g/mol. The predicted octanol–water partition coefficient (Wildman–Crippen LogP) is 1.57. The van der Waals surface area contributed by atoms with Gasteiger partial charge in [0.1, 0.15) is 0 Å². The summed E-state index contributed by atoms with van der Waals surface area (Å²) in [4.78, 5) is 12.9. The Balaban J connectivity index is 1.82. The molecule has 1 fully saturated rings. The molecule has 1 saturated heterocycles. The zero-order valence-corrected chi connectivity index (χ0v) is 19.6. The molecule has 3 rings (SSSR count). The Kier molecular flexibility index (Phi) is 7.55. The lowest BCUT2D eigenvalue weighted by Crippen LogP contribution is -2.41. The summed E-state index contributed by atoms with van der Waals surface area (Å²) in [6.45, 7) is 3.14. The van der Waals surface area contributed by atoms with Crippen molar-refractivity contribution in [3.05, 3.63) is 59.2 Å². The van der Waals surface area contributed by atoms with Crippen molar-refractivity contribution in [1.29, 1.82) is 0 Å². The van der Waals surface area contributed by atoms with E-state index < -0.39 is 26.0 Å². The molecule has 1 heterocycles. The quantitative estimate of drug-likeness (QED) is 0.590. The van der Waals surface area contributed by atoms with E-state index in [0.717, 1.165) is 6.26 Å². The third kappa shape index (κ3) is 5.85. The van der Waals surface area contributed by atoms with Crippen molar-refractivity contribution in [1.82, 2.24) is 9.62 Å². The Morgan fingerprint density at radius 1 is 1.03 bits per heavy atom. The number of amides is 1. The van der Waals surface area contributed by atoms with E-state index in [1.165, 1.54) is 10.4 Å². The number of ether oxygens (including phenoxy) is 1. The highest BCUT2D eigenvalue weighted by Crippen LogP contribution is 2.24. The van der Waals surface area contributed by atoms with Gasteiger partial charge < -0.3 is 10.1 Å². The Bertz CT molecular complexity index is 1190. The first-order valence-corrected chi connectivity index (χ1v) is 13.5. The second-order valence-corrected chi connectivity index (χ2v) is 11.1. The topological polar surface area (TPSA) is 122 Å². The van der Waals surface area contributed by atoms with Crippen LogP contribution in [0.3, 0.4) is 0 Å². The maximum absolute atomic E-state index is 13.2. The van der Waals surface area contributed by atoms with E-state index in [4.69, 9.17) is 4.74 Å². The zero-order chi connectivity index (χ0) is 23.4. The highest BCUT2D eigenvalue weighted by Gasteiger charge is 2.29. The smallest absolute Gasteiger partial charge is 0.251 e. The molecule has 2 aromatic carbocycles. The van der Waals surface area contributed by atoms with Crippen molar-refractivity contribution in [2.45, 2.75) is 24.8 Å². The van der Waals surface area contributed by atoms with Gasteiger partial charge in [0.2, 0.25) is 20.0 Å². The first-order valence-electron chi connectivity index (χ1n) is 10.2. The molecule has 32 heavy (non-hydrogen) atoms. The molecule has 2 aromatic rings. The largest absolute Gasteiger partial charge is 0.379 e. The van der Waals surface area contributed by atoms with E-state index in [0.29, 0.717) is 36.4 Å². The van der Waals surface area contributed by atoms with E-state index in [2.05, 4.69) is 10.0 Å². The van der Waals surface area contributed by atoms with E-state index in [9.17, 15) is 21.6 Å². The van der Waals surface area contributed by atoms with Crippen LogP contribution in [0.15, 0.2) is 47.4 Å². The fourth-order valence-electron chi connectivity index (χ4n) is 3.41. The highest BCUT2D eigenvalue weighted by molar-refractivity contribution is 7.92.